The summed E-state index contributed by atoms with van der Waals surface area (Å²) in [6, 6.07) is 12.0. The number of fused-ring (bicyclic) bond motifs is 1. The zero-order chi connectivity index (χ0) is 20.3. The summed E-state index contributed by atoms with van der Waals surface area (Å²) >= 11 is 0. The fraction of sp³-hybridized carbons (Fsp3) is 0.478. The molecular formula is C23H27N3O3. The number of nitrogens with zero attached hydrogens (tertiary/aromatic N) is 3. The smallest absolute Gasteiger partial charge is 0.234 e. The Balaban J connectivity index is 1.58. The molecule has 0 atom stereocenters. The minimum atomic E-state index is -0.310. The summed E-state index contributed by atoms with van der Waals surface area (Å²) in [5.41, 5.74) is 2.27. The molecule has 0 spiro atoms. The molecule has 152 valence electrons. The highest BCUT2D eigenvalue weighted by atomic mass is 16.5. The molecule has 0 unspecified atom stereocenters. The Labute approximate surface area is 172 Å². The third-order valence-electron chi connectivity index (χ3n) is 5.42. The molecule has 6 nitrogen and oxygen atoms in total. The third-order valence-corrected chi connectivity index (χ3v) is 5.42. The van der Waals surface area contributed by atoms with Crippen LogP contribution in [-0.2, 0) is 17.8 Å². The monoisotopic (exact) mass is 393 g/mol. The molecule has 0 bridgehead atoms. The van der Waals surface area contributed by atoms with E-state index in [2.05, 4.69) is 24.8 Å². The Morgan fingerprint density at radius 3 is 2.55 bits per heavy atom. The number of hydrogen-bond donors (Lipinski definition) is 0. The Morgan fingerprint density at radius 1 is 1.10 bits per heavy atom. The lowest BCUT2D eigenvalue weighted by Gasteiger charge is -2.35. The fourth-order valence-corrected chi connectivity index (χ4v) is 3.95. The molecular weight excluding hydrogens is 366 g/mol. The molecule has 1 saturated heterocycles. The molecule has 1 aromatic carbocycles. The Morgan fingerprint density at radius 2 is 1.83 bits per heavy atom. The summed E-state index contributed by atoms with van der Waals surface area (Å²) in [5, 5.41) is 9.88. The van der Waals surface area contributed by atoms with Crippen LogP contribution in [0.4, 0.5) is 5.82 Å². The second-order valence-electron chi connectivity index (χ2n) is 8.11. The molecule has 0 aliphatic carbocycles. The average Bonchev–Trinajstić information content (AvgIpc) is 3.25. The first-order valence-electron chi connectivity index (χ1n) is 10.2. The van der Waals surface area contributed by atoms with Crippen molar-refractivity contribution < 1.29 is 14.2 Å². The number of hydrogen-bond acceptors (Lipinski definition) is 6. The van der Waals surface area contributed by atoms with Crippen LogP contribution in [0.2, 0.25) is 0 Å². The second kappa shape index (κ2) is 8.30. The second-order valence-corrected chi connectivity index (χ2v) is 8.11. The number of anilines is 1. The first-order valence-corrected chi connectivity index (χ1v) is 10.2. The van der Waals surface area contributed by atoms with Gasteiger partial charge < -0.3 is 19.1 Å². The maximum Gasteiger partial charge on any atom is 0.234 e. The van der Waals surface area contributed by atoms with Gasteiger partial charge in [-0.1, -0.05) is 18.2 Å². The number of benzene rings is 1. The highest BCUT2D eigenvalue weighted by molar-refractivity contribution is 5.61. The van der Waals surface area contributed by atoms with Gasteiger partial charge in [0.05, 0.1) is 12.2 Å². The maximum absolute atomic E-state index is 9.88. The molecule has 1 aromatic heterocycles. The van der Waals surface area contributed by atoms with Crippen LogP contribution < -0.4 is 14.4 Å². The topological polar surface area (TPSA) is 67.6 Å². The highest BCUT2D eigenvalue weighted by Gasteiger charge is 2.34. The highest BCUT2D eigenvalue weighted by Crippen LogP contribution is 2.39. The van der Waals surface area contributed by atoms with Crippen molar-refractivity contribution >= 4 is 5.82 Å². The molecule has 0 saturated carbocycles. The molecule has 1 fully saturated rings. The predicted octanol–water partition coefficient (Wildman–Crippen LogP) is 3.86. The molecule has 2 aromatic rings. The van der Waals surface area contributed by atoms with Crippen molar-refractivity contribution in [1.82, 2.24) is 4.98 Å². The van der Waals surface area contributed by atoms with E-state index in [1.165, 1.54) is 0 Å². The summed E-state index contributed by atoms with van der Waals surface area (Å²) in [5.74, 6) is 2.11. The van der Waals surface area contributed by atoms with Crippen LogP contribution in [0, 0.1) is 11.3 Å². The van der Waals surface area contributed by atoms with Crippen molar-refractivity contribution in [2.75, 3.05) is 31.2 Å². The van der Waals surface area contributed by atoms with Gasteiger partial charge in [0.2, 0.25) is 5.88 Å². The first kappa shape index (κ1) is 19.5. The number of para-hydroxylation sites is 1. The van der Waals surface area contributed by atoms with Gasteiger partial charge in [0.25, 0.3) is 0 Å². The van der Waals surface area contributed by atoms with Gasteiger partial charge in [-0.25, -0.2) is 0 Å². The Kier molecular flexibility index (Phi) is 5.59. The quantitative estimate of drug-likeness (QED) is 0.694. The summed E-state index contributed by atoms with van der Waals surface area (Å²) in [4.78, 5) is 7.06. The minimum absolute atomic E-state index is 0.310. The average molecular weight is 393 g/mol. The lowest BCUT2D eigenvalue weighted by Crippen LogP contribution is -2.34. The van der Waals surface area contributed by atoms with E-state index in [0.29, 0.717) is 37.7 Å². The van der Waals surface area contributed by atoms with Crippen LogP contribution >= 0.6 is 0 Å². The normalized spacial score (nSPS) is 17.5. The van der Waals surface area contributed by atoms with Crippen molar-refractivity contribution in [2.45, 2.75) is 45.3 Å². The van der Waals surface area contributed by atoms with Gasteiger partial charge in [-0.05, 0) is 44.4 Å². The minimum Gasteiger partial charge on any atom is -0.490 e. The lowest BCUT2D eigenvalue weighted by atomic mass is 9.89. The number of rotatable bonds is 6. The van der Waals surface area contributed by atoms with Crippen molar-refractivity contribution in [2.24, 2.45) is 0 Å². The summed E-state index contributed by atoms with van der Waals surface area (Å²) in [6.07, 6.45) is 2.99. The molecule has 3 heterocycles. The van der Waals surface area contributed by atoms with Crippen molar-refractivity contribution in [3.63, 3.8) is 0 Å². The van der Waals surface area contributed by atoms with E-state index in [1.807, 2.05) is 30.3 Å². The first-order chi connectivity index (χ1) is 14.1. The number of nitriles is 1. The fourth-order valence-electron chi connectivity index (χ4n) is 3.95. The molecule has 0 radical (unpaired) electrons. The van der Waals surface area contributed by atoms with Crippen LogP contribution in [0.1, 0.15) is 43.4 Å². The van der Waals surface area contributed by atoms with Gasteiger partial charge in [-0.15, -0.1) is 0 Å². The largest absolute Gasteiger partial charge is 0.490 e. The van der Waals surface area contributed by atoms with Crippen molar-refractivity contribution in [3.8, 4) is 17.7 Å². The zero-order valence-corrected chi connectivity index (χ0v) is 17.1. The van der Waals surface area contributed by atoms with Crippen LogP contribution in [0.15, 0.2) is 30.3 Å². The zero-order valence-electron chi connectivity index (χ0n) is 17.1. The van der Waals surface area contributed by atoms with Crippen LogP contribution in [0.5, 0.6) is 11.6 Å². The molecule has 29 heavy (non-hydrogen) atoms. The molecule has 0 amide bonds. The Bertz CT molecular complexity index is 900. The Hall–Kier alpha value is -2.78. The molecule has 4 rings (SSSR count). The van der Waals surface area contributed by atoms with Crippen LogP contribution in [-0.4, -0.2) is 36.9 Å². The van der Waals surface area contributed by atoms with Gasteiger partial charge in [0, 0.05) is 25.1 Å². The van der Waals surface area contributed by atoms with Gasteiger partial charge >= 0.3 is 0 Å². The van der Waals surface area contributed by atoms with Gasteiger partial charge in [-0.2, -0.15) is 10.2 Å². The summed E-state index contributed by atoms with van der Waals surface area (Å²) < 4.78 is 17.7. The maximum atomic E-state index is 9.88. The van der Waals surface area contributed by atoms with Crippen LogP contribution in [0.3, 0.4) is 0 Å². The van der Waals surface area contributed by atoms with E-state index < -0.39 is 0 Å². The van der Waals surface area contributed by atoms with E-state index in [9.17, 15) is 5.26 Å². The van der Waals surface area contributed by atoms with E-state index >= 15 is 0 Å². The predicted molar refractivity (Wildman–Crippen MR) is 110 cm³/mol. The lowest BCUT2D eigenvalue weighted by molar-refractivity contribution is -0.0401. The number of pyridine rings is 1. The van der Waals surface area contributed by atoms with Gasteiger partial charge in [0.1, 0.15) is 36.4 Å². The van der Waals surface area contributed by atoms with Gasteiger partial charge in [0.15, 0.2) is 0 Å². The van der Waals surface area contributed by atoms with E-state index in [0.717, 1.165) is 48.6 Å². The molecule has 6 heteroatoms. The van der Waals surface area contributed by atoms with Crippen molar-refractivity contribution in [1.29, 1.82) is 5.26 Å². The number of ether oxygens (including phenoxy) is 3. The van der Waals surface area contributed by atoms with E-state index in [1.54, 1.807) is 0 Å². The van der Waals surface area contributed by atoms with E-state index in [-0.39, 0.29) is 5.60 Å². The SMILES string of the molecule is CC1(C)Cc2c(C#N)c(OCCOc3ccccc3)nc(N3CCCC3)c2CO1. The van der Waals surface area contributed by atoms with Crippen LogP contribution in [0.25, 0.3) is 0 Å². The van der Waals surface area contributed by atoms with Gasteiger partial charge in [-0.3, -0.25) is 0 Å². The molecule has 2 aliphatic rings. The summed E-state index contributed by atoms with van der Waals surface area (Å²) in [7, 11) is 0. The number of aromatic nitrogens is 1. The van der Waals surface area contributed by atoms with Crippen molar-refractivity contribution in [3.05, 3.63) is 47.0 Å². The molecule has 0 N–H and O–H groups in total. The molecule has 2 aliphatic heterocycles. The standard InChI is InChI=1S/C23H27N3O3/c1-23(2)14-18-19(15-24)22(28-13-12-27-17-8-4-3-5-9-17)25-21(20(18)16-29-23)26-10-6-7-11-26/h3-5,8-9H,6-7,10-14,16H2,1-2H3. The third kappa shape index (κ3) is 4.30. The summed E-state index contributed by atoms with van der Waals surface area (Å²) in [6.45, 7) is 7.27. The van der Waals surface area contributed by atoms with E-state index in [4.69, 9.17) is 19.2 Å².